The number of hydrogen-bond acceptors (Lipinski definition) is 4. The van der Waals surface area contributed by atoms with Gasteiger partial charge in [-0.2, -0.15) is 5.10 Å². The summed E-state index contributed by atoms with van der Waals surface area (Å²) in [6.07, 6.45) is 3.75. The van der Waals surface area contributed by atoms with Crippen LogP contribution in [0.2, 0.25) is 0 Å². The molecule has 0 aliphatic carbocycles. The summed E-state index contributed by atoms with van der Waals surface area (Å²) in [6.45, 7) is 2.05. The molecule has 1 atom stereocenters. The first kappa shape index (κ1) is 17.4. The minimum atomic E-state index is 0.0235. The summed E-state index contributed by atoms with van der Waals surface area (Å²) in [5.74, 6) is 1.90. The molecular weight excluding hydrogens is 342 g/mol. The highest BCUT2D eigenvalue weighted by atomic mass is 16.5. The molecular formula is C21H23N3O3. The maximum Gasteiger partial charge on any atom is 0.272 e. The molecule has 0 radical (unpaired) electrons. The minimum Gasteiger partial charge on any atom is -0.497 e. The third kappa shape index (κ3) is 3.74. The minimum absolute atomic E-state index is 0.0235. The number of carbonyl (C=O) groups is 1. The number of methoxy groups -OCH3 is 1. The van der Waals surface area contributed by atoms with Gasteiger partial charge in [0.15, 0.2) is 0 Å². The Morgan fingerprint density at radius 1 is 1.19 bits per heavy atom. The van der Waals surface area contributed by atoms with E-state index in [1.54, 1.807) is 17.8 Å². The van der Waals surface area contributed by atoms with Crippen molar-refractivity contribution in [1.82, 2.24) is 14.5 Å². The Kier molecular flexibility index (Phi) is 4.96. The van der Waals surface area contributed by atoms with Gasteiger partial charge in [0.2, 0.25) is 0 Å². The maximum atomic E-state index is 13.0. The monoisotopic (exact) mass is 365 g/mol. The molecule has 27 heavy (non-hydrogen) atoms. The highest BCUT2D eigenvalue weighted by Gasteiger charge is 2.26. The van der Waals surface area contributed by atoms with E-state index < -0.39 is 0 Å². The van der Waals surface area contributed by atoms with E-state index in [1.807, 2.05) is 53.4 Å². The number of ether oxygens (including phenoxy) is 2. The fraction of sp³-hybridized carbons (Fsp3) is 0.333. The van der Waals surface area contributed by atoms with Crippen LogP contribution in [0.15, 0.2) is 54.7 Å². The van der Waals surface area contributed by atoms with Gasteiger partial charge in [-0.15, -0.1) is 0 Å². The van der Waals surface area contributed by atoms with Gasteiger partial charge in [-0.1, -0.05) is 12.1 Å². The molecule has 1 aliphatic heterocycles. The number of carbonyl (C=O) groups excluding carboxylic acids is 1. The highest BCUT2D eigenvalue weighted by Crippen LogP contribution is 2.23. The lowest BCUT2D eigenvalue weighted by atomic mass is 9.98. The van der Waals surface area contributed by atoms with E-state index in [4.69, 9.17) is 9.47 Å². The second-order valence-electron chi connectivity index (χ2n) is 6.83. The molecule has 0 bridgehead atoms. The van der Waals surface area contributed by atoms with E-state index in [-0.39, 0.29) is 5.91 Å². The molecule has 1 aromatic carbocycles. The van der Waals surface area contributed by atoms with Crippen molar-refractivity contribution in [2.45, 2.75) is 12.8 Å². The van der Waals surface area contributed by atoms with E-state index in [9.17, 15) is 4.79 Å². The van der Waals surface area contributed by atoms with E-state index in [0.29, 0.717) is 24.8 Å². The summed E-state index contributed by atoms with van der Waals surface area (Å²) in [4.78, 5) is 14.9. The van der Waals surface area contributed by atoms with Crippen LogP contribution in [0.3, 0.4) is 0 Å². The van der Waals surface area contributed by atoms with Crippen molar-refractivity contribution in [3.05, 3.63) is 60.4 Å². The summed E-state index contributed by atoms with van der Waals surface area (Å²) >= 11 is 0. The van der Waals surface area contributed by atoms with Gasteiger partial charge in [0.1, 0.15) is 17.2 Å². The van der Waals surface area contributed by atoms with Crippen LogP contribution in [-0.2, 0) is 0 Å². The quantitative estimate of drug-likeness (QED) is 0.696. The molecule has 0 N–H and O–H groups in total. The number of piperidine rings is 1. The largest absolute Gasteiger partial charge is 0.497 e. The average Bonchev–Trinajstić information content (AvgIpc) is 3.21. The Hall–Kier alpha value is -3.02. The van der Waals surface area contributed by atoms with Crippen LogP contribution in [-0.4, -0.2) is 47.2 Å². The number of likely N-dealkylation sites (tertiary alicyclic amines) is 1. The van der Waals surface area contributed by atoms with E-state index in [0.717, 1.165) is 36.4 Å². The predicted molar refractivity (Wildman–Crippen MR) is 102 cm³/mol. The summed E-state index contributed by atoms with van der Waals surface area (Å²) in [5, 5.41) is 4.28. The molecule has 1 aliphatic rings. The van der Waals surface area contributed by atoms with Gasteiger partial charge >= 0.3 is 0 Å². The first-order chi connectivity index (χ1) is 13.2. The van der Waals surface area contributed by atoms with Crippen molar-refractivity contribution in [1.29, 1.82) is 0 Å². The van der Waals surface area contributed by atoms with Gasteiger partial charge in [0.05, 0.1) is 25.4 Å². The molecule has 140 valence electrons. The number of hydrogen-bond donors (Lipinski definition) is 0. The second-order valence-corrected chi connectivity index (χ2v) is 6.83. The molecule has 1 saturated heterocycles. The van der Waals surface area contributed by atoms with Crippen LogP contribution in [0.1, 0.15) is 23.3 Å². The average molecular weight is 365 g/mol. The summed E-state index contributed by atoms with van der Waals surface area (Å²) < 4.78 is 12.9. The molecule has 2 aromatic heterocycles. The van der Waals surface area contributed by atoms with Crippen molar-refractivity contribution in [3.8, 4) is 11.5 Å². The van der Waals surface area contributed by atoms with Crippen molar-refractivity contribution in [2.24, 2.45) is 5.92 Å². The third-order valence-corrected chi connectivity index (χ3v) is 4.97. The van der Waals surface area contributed by atoms with Gasteiger partial charge in [0.25, 0.3) is 5.91 Å². The fourth-order valence-electron chi connectivity index (χ4n) is 3.56. The molecule has 6 nitrogen and oxygen atoms in total. The Balaban J connectivity index is 1.41. The molecule has 0 spiro atoms. The molecule has 1 unspecified atom stereocenters. The van der Waals surface area contributed by atoms with Gasteiger partial charge in [-0.25, -0.2) is 4.52 Å². The van der Waals surface area contributed by atoms with Gasteiger partial charge in [-0.3, -0.25) is 4.79 Å². The molecule has 3 aromatic rings. The molecule has 1 amide bonds. The van der Waals surface area contributed by atoms with Gasteiger partial charge in [-0.05, 0) is 43.2 Å². The van der Waals surface area contributed by atoms with Crippen LogP contribution in [0.5, 0.6) is 11.5 Å². The zero-order chi connectivity index (χ0) is 18.6. The first-order valence-corrected chi connectivity index (χ1v) is 9.23. The SMILES string of the molecule is COc1cccc(OCC2CCCN(C(=O)c3cccc4ccnn34)C2)c1. The number of nitrogens with zero attached hydrogens (tertiary/aromatic N) is 3. The Labute approximate surface area is 158 Å². The zero-order valence-electron chi connectivity index (χ0n) is 15.4. The topological polar surface area (TPSA) is 56.1 Å². The molecule has 4 rings (SSSR count). The van der Waals surface area contributed by atoms with Crippen molar-refractivity contribution < 1.29 is 14.3 Å². The van der Waals surface area contributed by atoms with Crippen LogP contribution >= 0.6 is 0 Å². The lowest BCUT2D eigenvalue weighted by Crippen LogP contribution is -2.42. The smallest absolute Gasteiger partial charge is 0.272 e. The first-order valence-electron chi connectivity index (χ1n) is 9.23. The van der Waals surface area contributed by atoms with Crippen molar-refractivity contribution in [3.63, 3.8) is 0 Å². The number of pyridine rings is 1. The van der Waals surface area contributed by atoms with Crippen molar-refractivity contribution >= 4 is 11.4 Å². The van der Waals surface area contributed by atoms with Crippen molar-refractivity contribution in [2.75, 3.05) is 26.8 Å². The van der Waals surface area contributed by atoms with Crippen LogP contribution in [0.4, 0.5) is 0 Å². The van der Waals surface area contributed by atoms with E-state index in [1.165, 1.54) is 0 Å². The van der Waals surface area contributed by atoms with Crippen LogP contribution in [0.25, 0.3) is 5.52 Å². The van der Waals surface area contributed by atoms with Gasteiger partial charge < -0.3 is 14.4 Å². The van der Waals surface area contributed by atoms with E-state index >= 15 is 0 Å². The standard InChI is InChI=1S/C21H23N3O3/c1-26-18-7-3-8-19(13-18)27-15-16-5-4-12-23(14-16)21(25)20-9-2-6-17-10-11-22-24(17)20/h2-3,6-11,13,16H,4-5,12,14-15H2,1H3. The van der Waals surface area contributed by atoms with Crippen LogP contribution < -0.4 is 9.47 Å². The number of rotatable bonds is 5. The maximum absolute atomic E-state index is 13.0. The Morgan fingerprint density at radius 2 is 2.04 bits per heavy atom. The fourth-order valence-corrected chi connectivity index (χ4v) is 3.56. The Bertz CT molecular complexity index is 937. The Morgan fingerprint density at radius 3 is 2.93 bits per heavy atom. The summed E-state index contributed by atoms with van der Waals surface area (Å²) in [7, 11) is 1.64. The molecule has 0 saturated carbocycles. The molecule has 3 heterocycles. The highest BCUT2D eigenvalue weighted by molar-refractivity contribution is 5.93. The van der Waals surface area contributed by atoms with Gasteiger partial charge in [0, 0.05) is 25.1 Å². The zero-order valence-corrected chi connectivity index (χ0v) is 15.4. The molecule has 1 fully saturated rings. The number of fused-ring (bicyclic) bond motifs is 1. The van der Waals surface area contributed by atoms with E-state index in [2.05, 4.69) is 5.10 Å². The lowest BCUT2D eigenvalue weighted by molar-refractivity contribution is 0.0624. The normalized spacial score (nSPS) is 17.1. The number of amides is 1. The predicted octanol–water partition coefficient (Wildman–Crippen LogP) is 3.27. The number of benzene rings is 1. The second kappa shape index (κ2) is 7.70. The number of aromatic nitrogens is 2. The summed E-state index contributed by atoms with van der Waals surface area (Å²) in [5.41, 5.74) is 1.53. The lowest BCUT2D eigenvalue weighted by Gasteiger charge is -2.32. The third-order valence-electron chi connectivity index (χ3n) is 4.97. The van der Waals surface area contributed by atoms with Crippen LogP contribution in [0, 0.1) is 5.92 Å². The molecule has 6 heteroatoms. The summed E-state index contributed by atoms with van der Waals surface area (Å²) in [6, 6.07) is 15.2.